The second-order valence-corrected chi connectivity index (χ2v) is 6.54. The molecule has 0 amide bonds. The summed E-state index contributed by atoms with van der Waals surface area (Å²) in [5.74, 6) is 1.65. The number of aromatic nitrogens is 2. The highest BCUT2D eigenvalue weighted by Gasteiger charge is 2.37. The van der Waals surface area contributed by atoms with Crippen LogP contribution in [0.15, 0.2) is 46.1 Å². The van der Waals surface area contributed by atoms with Crippen LogP contribution in [-0.4, -0.2) is 15.0 Å². The highest BCUT2D eigenvalue weighted by Crippen LogP contribution is 2.44. The molecule has 0 bridgehead atoms. The zero-order valence-corrected chi connectivity index (χ0v) is 11.6. The zero-order chi connectivity index (χ0) is 13.1. The highest BCUT2D eigenvalue weighted by molar-refractivity contribution is 8.00. The maximum Gasteiger partial charge on any atom is 0.189 e. The minimum atomic E-state index is 0.502. The van der Waals surface area contributed by atoms with Gasteiger partial charge in [0.05, 0.1) is 11.6 Å². The van der Waals surface area contributed by atoms with Gasteiger partial charge in [0.15, 0.2) is 10.9 Å². The van der Waals surface area contributed by atoms with E-state index in [1.165, 1.54) is 12.8 Å². The average Bonchev–Trinajstić information content (AvgIpc) is 2.93. The molecule has 1 atom stereocenters. The Kier molecular flexibility index (Phi) is 2.07. The topological polar surface area (TPSA) is 43.0 Å². The third kappa shape index (κ3) is 1.59. The maximum absolute atomic E-state index is 5.86. The summed E-state index contributed by atoms with van der Waals surface area (Å²) >= 11 is 1.83. The summed E-state index contributed by atoms with van der Waals surface area (Å²) in [6, 6.07) is 10.1. The van der Waals surface area contributed by atoms with E-state index < -0.39 is 0 Å². The molecule has 1 saturated carbocycles. The van der Waals surface area contributed by atoms with Crippen molar-refractivity contribution in [1.29, 1.82) is 0 Å². The molecular formula is C15H13N3OS. The predicted molar refractivity (Wildman–Crippen MR) is 79.2 cm³/mol. The minimum absolute atomic E-state index is 0.502. The van der Waals surface area contributed by atoms with Gasteiger partial charge in [-0.15, -0.1) is 0 Å². The van der Waals surface area contributed by atoms with E-state index in [2.05, 4.69) is 22.5 Å². The molecule has 1 aliphatic heterocycles. The minimum Gasteiger partial charge on any atom is -0.454 e. The van der Waals surface area contributed by atoms with Crippen LogP contribution in [-0.2, 0) is 0 Å². The summed E-state index contributed by atoms with van der Waals surface area (Å²) in [6.45, 7) is 0. The first kappa shape index (κ1) is 10.9. The number of rotatable bonds is 2. The standard InChI is InChI=1S/C15H13N3OS/c1-2-4-12-10(3-1)7-13(19-12)11-8-18-15(16-11)20-14(17-18)9-5-6-9/h1-4,7-9,14,17H,5-6H2. The van der Waals surface area contributed by atoms with Crippen LogP contribution in [0.1, 0.15) is 12.8 Å². The van der Waals surface area contributed by atoms with Crippen LogP contribution in [0.2, 0.25) is 0 Å². The normalized spacial score (nSPS) is 21.1. The number of hydrogen-bond acceptors (Lipinski definition) is 4. The third-order valence-corrected chi connectivity index (χ3v) is 5.14. The Bertz CT molecular complexity index is 746. The van der Waals surface area contributed by atoms with Crippen molar-refractivity contribution in [3.05, 3.63) is 36.5 Å². The molecular weight excluding hydrogens is 270 g/mol. The summed E-state index contributed by atoms with van der Waals surface area (Å²) in [5, 5.41) is 2.66. The lowest BCUT2D eigenvalue weighted by molar-refractivity contribution is 0.629. The number of para-hydroxylation sites is 1. The molecule has 3 aromatic rings. The van der Waals surface area contributed by atoms with Crippen molar-refractivity contribution in [2.75, 3.05) is 5.43 Å². The van der Waals surface area contributed by atoms with Gasteiger partial charge in [-0.1, -0.05) is 30.0 Å². The molecule has 20 heavy (non-hydrogen) atoms. The first-order valence-electron chi connectivity index (χ1n) is 6.88. The molecule has 0 radical (unpaired) electrons. The fourth-order valence-corrected chi connectivity index (χ4v) is 3.87. The lowest BCUT2D eigenvalue weighted by Crippen LogP contribution is -2.19. The lowest BCUT2D eigenvalue weighted by atomic mass is 10.2. The first-order chi connectivity index (χ1) is 9.87. The Morgan fingerprint density at radius 2 is 2.20 bits per heavy atom. The van der Waals surface area contributed by atoms with Crippen molar-refractivity contribution in [2.45, 2.75) is 23.4 Å². The van der Waals surface area contributed by atoms with E-state index >= 15 is 0 Å². The Morgan fingerprint density at radius 3 is 3.00 bits per heavy atom. The molecule has 3 heterocycles. The Labute approximate surface area is 120 Å². The van der Waals surface area contributed by atoms with Crippen LogP contribution in [0.25, 0.3) is 22.4 Å². The molecule has 2 aromatic heterocycles. The Balaban J connectivity index is 1.51. The van der Waals surface area contributed by atoms with Crippen molar-refractivity contribution in [3.8, 4) is 11.5 Å². The summed E-state index contributed by atoms with van der Waals surface area (Å²) in [5.41, 5.74) is 5.30. The van der Waals surface area contributed by atoms with Gasteiger partial charge in [0, 0.05) is 5.39 Å². The van der Waals surface area contributed by atoms with E-state index in [4.69, 9.17) is 4.42 Å². The molecule has 1 aliphatic carbocycles. The lowest BCUT2D eigenvalue weighted by Gasteiger charge is -2.07. The predicted octanol–water partition coefficient (Wildman–Crippen LogP) is 3.68. The quantitative estimate of drug-likeness (QED) is 0.779. The molecule has 1 fully saturated rings. The van der Waals surface area contributed by atoms with E-state index in [9.17, 15) is 0 Å². The van der Waals surface area contributed by atoms with Gasteiger partial charge in [-0.25, -0.2) is 9.66 Å². The zero-order valence-electron chi connectivity index (χ0n) is 10.7. The van der Waals surface area contributed by atoms with Crippen molar-refractivity contribution in [2.24, 2.45) is 5.92 Å². The van der Waals surface area contributed by atoms with Crippen LogP contribution in [0, 0.1) is 5.92 Å². The largest absolute Gasteiger partial charge is 0.454 e. The Morgan fingerprint density at radius 1 is 1.30 bits per heavy atom. The number of benzene rings is 1. The Hall–Kier alpha value is -1.88. The second-order valence-electron chi connectivity index (χ2n) is 5.43. The highest BCUT2D eigenvalue weighted by atomic mass is 32.2. The smallest absolute Gasteiger partial charge is 0.189 e. The van der Waals surface area contributed by atoms with Crippen LogP contribution in [0.3, 0.4) is 0 Å². The van der Waals surface area contributed by atoms with E-state index in [0.29, 0.717) is 5.37 Å². The van der Waals surface area contributed by atoms with Crippen molar-refractivity contribution in [1.82, 2.24) is 9.66 Å². The molecule has 5 heteroatoms. The maximum atomic E-state index is 5.86. The van der Waals surface area contributed by atoms with Gasteiger partial charge in [-0.3, -0.25) is 0 Å². The number of nitrogens with one attached hydrogen (secondary N) is 1. The van der Waals surface area contributed by atoms with Crippen molar-refractivity contribution >= 4 is 22.7 Å². The van der Waals surface area contributed by atoms with Crippen LogP contribution >= 0.6 is 11.8 Å². The summed E-state index contributed by atoms with van der Waals surface area (Å²) in [4.78, 5) is 4.69. The van der Waals surface area contributed by atoms with Gasteiger partial charge in [0.2, 0.25) is 0 Å². The number of hydrogen-bond donors (Lipinski definition) is 1. The van der Waals surface area contributed by atoms with Crippen molar-refractivity contribution in [3.63, 3.8) is 0 Å². The van der Waals surface area contributed by atoms with E-state index in [1.54, 1.807) is 0 Å². The molecule has 1 unspecified atom stereocenters. The van der Waals surface area contributed by atoms with Gasteiger partial charge >= 0.3 is 0 Å². The van der Waals surface area contributed by atoms with Gasteiger partial charge < -0.3 is 9.84 Å². The molecule has 2 aliphatic rings. The first-order valence-corrected chi connectivity index (χ1v) is 7.76. The summed E-state index contributed by atoms with van der Waals surface area (Å²) in [6.07, 6.45) is 4.71. The fraction of sp³-hybridized carbons (Fsp3) is 0.267. The van der Waals surface area contributed by atoms with Crippen molar-refractivity contribution < 1.29 is 4.42 Å². The van der Waals surface area contributed by atoms with Gasteiger partial charge in [0.1, 0.15) is 11.3 Å². The van der Waals surface area contributed by atoms with Gasteiger partial charge in [0.25, 0.3) is 0 Å². The van der Waals surface area contributed by atoms with Crippen LogP contribution < -0.4 is 5.43 Å². The van der Waals surface area contributed by atoms with E-state index in [1.807, 2.05) is 40.8 Å². The number of fused-ring (bicyclic) bond motifs is 2. The second kappa shape index (κ2) is 3.82. The SMILES string of the molecule is c1ccc2oc(-c3cn4c(n3)SC(C3CC3)N4)cc2c1. The molecule has 0 spiro atoms. The molecule has 0 saturated heterocycles. The molecule has 1 N–H and O–H groups in total. The van der Waals surface area contributed by atoms with Gasteiger partial charge in [-0.2, -0.15) is 0 Å². The summed E-state index contributed by atoms with van der Waals surface area (Å²) in [7, 11) is 0. The van der Waals surface area contributed by atoms with E-state index in [0.717, 1.165) is 33.5 Å². The van der Waals surface area contributed by atoms with Crippen LogP contribution in [0.4, 0.5) is 0 Å². The molecule has 1 aromatic carbocycles. The fourth-order valence-electron chi connectivity index (χ4n) is 2.64. The van der Waals surface area contributed by atoms with E-state index in [-0.39, 0.29) is 0 Å². The van der Waals surface area contributed by atoms with Gasteiger partial charge in [-0.05, 0) is 30.9 Å². The average molecular weight is 283 g/mol. The van der Waals surface area contributed by atoms with Crippen LogP contribution in [0.5, 0.6) is 0 Å². The molecule has 5 rings (SSSR count). The summed E-state index contributed by atoms with van der Waals surface area (Å²) < 4.78 is 7.90. The molecule has 100 valence electrons. The number of nitrogens with zero attached hydrogens (tertiary/aromatic N) is 2. The number of thioether (sulfide) groups is 1. The third-order valence-electron chi connectivity index (χ3n) is 3.90. The number of imidazole rings is 1. The number of furan rings is 1. The molecule has 4 nitrogen and oxygen atoms in total. The monoisotopic (exact) mass is 283 g/mol.